The van der Waals surface area contributed by atoms with E-state index in [1.165, 1.54) is 6.33 Å². The average molecular weight is 327 g/mol. The Morgan fingerprint density at radius 2 is 1.83 bits per heavy atom. The minimum atomic E-state index is 0.219. The molecule has 5 nitrogen and oxygen atoms in total. The summed E-state index contributed by atoms with van der Waals surface area (Å²) in [6.45, 7) is 0.775. The van der Waals surface area contributed by atoms with Crippen molar-refractivity contribution in [2.75, 3.05) is 11.4 Å². The van der Waals surface area contributed by atoms with Gasteiger partial charge in [-0.3, -0.25) is 0 Å². The summed E-state index contributed by atoms with van der Waals surface area (Å²) in [4.78, 5) is 21.4. The molecule has 0 spiro atoms. The molecule has 23 heavy (non-hydrogen) atoms. The molecule has 0 N–H and O–H groups in total. The molecule has 0 atom stereocenters. The predicted octanol–water partition coefficient (Wildman–Crippen LogP) is 3.13. The highest BCUT2D eigenvalue weighted by molar-refractivity contribution is 6.31. The van der Waals surface area contributed by atoms with Crippen LogP contribution in [0.4, 0.5) is 5.82 Å². The molecule has 0 amide bonds. The third-order valence-corrected chi connectivity index (χ3v) is 3.71. The van der Waals surface area contributed by atoms with Gasteiger partial charge in [-0.25, -0.2) is 9.97 Å². The molecule has 0 fully saturated rings. The zero-order valence-electron chi connectivity index (χ0n) is 12.3. The highest BCUT2D eigenvalue weighted by Crippen LogP contribution is 2.28. The van der Waals surface area contributed by atoms with Crippen molar-refractivity contribution in [2.24, 2.45) is 0 Å². The molecule has 6 heteroatoms. The van der Waals surface area contributed by atoms with Gasteiger partial charge in [-0.2, -0.15) is 0 Å². The van der Waals surface area contributed by atoms with Crippen LogP contribution >= 0.6 is 11.6 Å². The number of hydrogen-bond acceptors (Lipinski definition) is 4. The third kappa shape index (κ3) is 3.40. The summed E-state index contributed by atoms with van der Waals surface area (Å²) in [5.41, 5.74) is 1.75. The Bertz CT molecular complexity index is 775. The lowest BCUT2D eigenvalue weighted by molar-refractivity contribution is -0.106. The Morgan fingerprint density at radius 1 is 1.09 bits per heavy atom. The van der Waals surface area contributed by atoms with Gasteiger partial charge in [0.2, 0.25) is 0 Å². The molecule has 0 aliphatic rings. The summed E-state index contributed by atoms with van der Waals surface area (Å²) < 4.78 is 1.85. The number of halogens is 1. The van der Waals surface area contributed by atoms with Crippen LogP contribution in [0.2, 0.25) is 5.15 Å². The molecule has 0 saturated carbocycles. The number of hydrogen-bond donors (Lipinski definition) is 0. The van der Waals surface area contributed by atoms with Crippen molar-refractivity contribution in [1.82, 2.24) is 14.5 Å². The van der Waals surface area contributed by atoms with Crippen LogP contribution in [0, 0.1) is 0 Å². The molecule has 116 valence electrons. The van der Waals surface area contributed by atoms with Gasteiger partial charge in [-0.15, -0.1) is 0 Å². The van der Waals surface area contributed by atoms with E-state index in [0.717, 1.165) is 11.8 Å². The third-order valence-electron chi connectivity index (χ3n) is 3.43. The van der Waals surface area contributed by atoms with E-state index in [-0.39, 0.29) is 6.54 Å². The summed E-state index contributed by atoms with van der Waals surface area (Å²) in [6, 6.07) is 13.7. The van der Waals surface area contributed by atoms with E-state index in [1.54, 1.807) is 0 Å². The standard InChI is InChI=1S/C17H15ClN4O/c18-16-15(21-8-4-5-9-21)17(20-13-19-16)22(10-11-23)12-14-6-2-1-3-7-14/h1-9,11,13H,10,12H2. The number of aldehydes is 1. The van der Waals surface area contributed by atoms with Crippen molar-refractivity contribution in [3.8, 4) is 5.69 Å². The van der Waals surface area contributed by atoms with Crippen LogP contribution in [-0.4, -0.2) is 27.4 Å². The fourth-order valence-corrected chi connectivity index (χ4v) is 2.63. The van der Waals surface area contributed by atoms with Crippen LogP contribution in [-0.2, 0) is 11.3 Å². The van der Waals surface area contributed by atoms with Crippen LogP contribution in [0.25, 0.3) is 5.69 Å². The topological polar surface area (TPSA) is 51.0 Å². The maximum Gasteiger partial charge on any atom is 0.158 e. The van der Waals surface area contributed by atoms with Gasteiger partial charge in [0.05, 0.1) is 6.54 Å². The van der Waals surface area contributed by atoms with Crippen LogP contribution in [0.3, 0.4) is 0 Å². The molecule has 0 radical (unpaired) electrons. The van der Waals surface area contributed by atoms with E-state index < -0.39 is 0 Å². The number of carbonyl (C=O) groups is 1. The maximum absolute atomic E-state index is 11.1. The molecule has 2 heterocycles. The second-order valence-corrected chi connectivity index (χ2v) is 5.32. The van der Waals surface area contributed by atoms with Crippen LogP contribution in [0.15, 0.2) is 61.2 Å². The number of benzene rings is 1. The average Bonchev–Trinajstić information content (AvgIpc) is 3.09. The van der Waals surface area contributed by atoms with Crippen molar-refractivity contribution in [3.63, 3.8) is 0 Å². The molecule has 0 unspecified atom stereocenters. The summed E-state index contributed by atoms with van der Waals surface area (Å²) in [5, 5.41) is 0.343. The zero-order valence-corrected chi connectivity index (χ0v) is 13.1. The van der Waals surface area contributed by atoms with Crippen molar-refractivity contribution in [1.29, 1.82) is 0 Å². The molecule has 0 saturated heterocycles. The monoisotopic (exact) mass is 326 g/mol. The van der Waals surface area contributed by atoms with E-state index in [9.17, 15) is 4.79 Å². The zero-order chi connectivity index (χ0) is 16.1. The molecule has 0 bridgehead atoms. The first-order valence-corrected chi connectivity index (χ1v) is 7.53. The Hall–Kier alpha value is -2.66. The fourth-order valence-electron chi connectivity index (χ4n) is 2.41. The Balaban J connectivity index is 2.03. The molecule has 1 aromatic carbocycles. The smallest absolute Gasteiger partial charge is 0.158 e. The van der Waals surface area contributed by atoms with E-state index in [4.69, 9.17) is 11.6 Å². The van der Waals surface area contributed by atoms with E-state index in [1.807, 2.05) is 64.3 Å². The molecule has 2 aromatic heterocycles. The number of aromatic nitrogens is 3. The van der Waals surface area contributed by atoms with Crippen molar-refractivity contribution < 1.29 is 4.79 Å². The number of anilines is 1. The maximum atomic E-state index is 11.1. The SMILES string of the molecule is O=CCN(Cc1ccccc1)c1ncnc(Cl)c1-n1cccc1. The largest absolute Gasteiger partial charge is 0.343 e. The minimum Gasteiger partial charge on any atom is -0.343 e. The number of nitrogens with zero attached hydrogens (tertiary/aromatic N) is 4. The first-order chi connectivity index (χ1) is 11.3. The highest BCUT2D eigenvalue weighted by Gasteiger charge is 2.18. The highest BCUT2D eigenvalue weighted by atomic mass is 35.5. The molecule has 3 aromatic rings. The molecule has 0 aliphatic carbocycles. The Labute approximate surface area is 139 Å². The van der Waals surface area contributed by atoms with Gasteiger partial charge in [0, 0.05) is 18.9 Å². The Morgan fingerprint density at radius 3 is 2.52 bits per heavy atom. The number of carbonyl (C=O) groups excluding carboxylic acids is 1. The van der Waals surface area contributed by atoms with Gasteiger partial charge in [-0.05, 0) is 17.7 Å². The summed E-state index contributed by atoms with van der Waals surface area (Å²) in [7, 11) is 0. The second-order valence-electron chi connectivity index (χ2n) is 4.96. The molecular weight excluding hydrogens is 312 g/mol. The van der Waals surface area contributed by atoms with Crippen molar-refractivity contribution >= 4 is 23.7 Å². The van der Waals surface area contributed by atoms with Crippen molar-refractivity contribution in [2.45, 2.75) is 6.54 Å². The first-order valence-electron chi connectivity index (χ1n) is 7.16. The quantitative estimate of drug-likeness (QED) is 0.516. The van der Waals surface area contributed by atoms with E-state index in [2.05, 4.69) is 9.97 Å². The van der Waals surface area contributed by atoms with Gasteiger partial charge in [0.1, 0.15) is 18.3 Å². The van der Waals surface area contributed by atoms with Crippen LogP contribution in [0.5, 0.6) is 0 Å². The molecule has 3 rings (SSSR count). The van der Waals surface area contributed by atoms with Gasteiger partial charge < -0.3 is 14.3 Å². The summed E-state index contributed by atoms with van der Waals surface area (Å²) in [6.07, 6.45) is 6.01. The van der Waals surface area contributed by atoms with E-state index >= 15 is 0 Å². The second kappa shape index (κ2) is 7.07. The first kappa shape index (κ1) is 15.2. The van der Waals surface area contributed by atoms with Crippen LogP contribution in [0.1, 0.15) is 5.56 Å². The van der Waals surface area contributed by atoms with Crippen LogP contribution < -0.4 is 4.90 Å². The van der Waals surface area contributed by atoms with Gasteiger partial charge in [0.15, 0.2) is 11.0 Å². The lowest BCUT2D eigenvalue weighted by atomic mass is 10.2. The molecular formula is C17H15ClN4O. The summed E-state index contributed by atoms with van der Waals surface area (Å²) in [5.74, 6) is 0.622. The van der Waals surface area contributed by atoms with Gasteiger partial charge in [0.25, 0.3) is 0 Å². The van der Waals surface area contributed by atoms with Crippen molar-refractivity contribution in [3.05, 3.63) is 71.9 Å². The summed E-state index contributed by atoms with van der Waals surface area (Å²) >= 11 is 6.28. The van der Waals surface area contributed by atoms with E-state index in [0.29, 0.717) is 23.2 Å². The van der Waals surface area contributed by atoms with Gasteiger partial charge in [-0.1, -0.05) is 41.9 Å². The molecule has 0 aliphatic heterocycles. The lowest BCUT2D eigenvalue weighted by Gasteiger charge is -2.24. The lowest BCUT2D eigenvalue weighted by Crippen LogP contribution is -2.27. The fraction of sp³-hybridized carbons (Fsp3) is 0.118. The number of rotatable bonds is 6. The van der Waals surface area contributed by atoms with Gasteiger partial charge >= 0.3 is 0 Å². The normalized spacial score (nSPS) is 10.5. The minimum absolute atomic E-state index is 0.219. The Kier molecular flexibility index (Phi) is 4.68. The predicted molar refractivity (Wildman–Crippen MR) is 89.9 cm³/mol.